The summed E-state index contributed by atoms with van der Waals surface area (Å²) in [6.45, 7) is 0. The molecule has 0 atom stereocenters. The van der Waals surface area contributed by atoms with E-state index >= 15 is 0 Å². The Morgan fingerprint density at radius 1 is 1.67 bits per heavy atom. The molecular weight excluding hydrogens is 252 g/mol. The molecule has 1 aromatic rings. The first-order chi connectivity index (χ1) is 4.20. The summed E-state index contributed by atoms with van der Waals surface area (Å²) >= 11 is 7.49. The average molecular weight is 255 g/mol. The predicted molar refractivity (Wildman–Crippen MR) is 43.6 cm³/mol. The van der Waals surface area contributed by atoms with Crippen molar-refractivity contribution in [2.75, 3.05) is 0 Å². The van der Waals surface area contributed by atoms with Crippen LogP contribution in [0.1, 0.15) is 0 Å². The molecule has 48 valence electrons. The van der Waals surface area contributed by atoms with E-state index in [0.29, 0.717) is 8.59 Å². The molecule has 9 heavy (non-hydrogen) atoms. The van der Waals surface area contributed by atoms with Crippen LogP contribution in [0.3, 0.4) is 0 Å². The standard InChI is InChI=1S/C5H3ClINO/c6-3-1-4(7)5(9)8-2-3/h1-2H,(H,8,9). The molecular formula is C5H3ClINO. The van der Waals surface area contributed by atoms with Gasteiger partial charge in [-0.05, 0) is 28.7 Å². The van der Waals surface area contributed by atoms with Crippen LogP contribution in [0, 0.1) is 3.57 Å². The molecule has 0 aromatic carbocycles. The number of rotatable bonds is 0. The van der Waals surface area contributed by atoms with Gasteiger partial charge in [-0.25, -0.2) is 4.98 Å². The Morgan fingerprint density at radius 3 is 2.78 bits per heavy atom. The molecule has 0 aliphatic carbocycles. The summed E-state index contributed by atoms with van der Waals surface area (Å²) in [7, 11) is 0. The van der Waals surface area contributed by atoms with Crippen molar-refractivity contribution in [1.82, 2.24) is 4.98 Å². The second-order valence-electron chi connectivity index (χ2n) is 1.46. The van der Waals surface area contributed by atoms with Gasteiger partial charge in [-0.3, -0.25) is 0 Å². The van der Waals surface area contributed by atoms with Crippen LogP contribution in [0.25, 0.3) is 0 Å². The Kier molecular flexibility index (Phi) is 2.13. The van der Waals surface area contributed by atoms with Crippen LogP contribution < -0.4 is 0 Å². The Hall–Kier alpha value is -0.0300. The van der Waals surface area contributed by atoms with Crippen molar-refractivity contribution in [3.8, 4) is 5.88 Å². The zero-order chi connectivity index (χ0) is 6.85. The molecule has 0 amide bonds. The second-order valence-corrected chi connectivity index (χ2v) is 3.06. The third-order valence-corrected chi connectivity index (χ3v) is 1.79. The number of hydrogen-bond acceptors (Lipinski definition) is 2. The van der Waals surface area contributed by atoms with Crippen molar-refractivity contribution in [2.45, 2.75) is 0 Å². The van der Waals surface area contributed by atoms with Gasteiger partial charge < -0.3 is 5.11 Å². The third kappa shape index (κ3) is 1.69. The van der Waals surface area contributed by atoms with E-state index in [1.807, 2.05) is 22.6 Å². The molecule has 4 heteroatoms. The quantitative estimate of drug-likeness (QED) is 0.720. The molecule has 0 saturated heterocycles. The summed E-state index contributed by atoms with van der Waals surface area (Å²) in [5.74, 6) is 0.0278. The van der Waals surface area contributed by atoms with Crippen LogP contribution in [0.4, 0.5) is 0 Å². The molecule has 0 unspecified atom stereocenters. The SMILES string of the molecule is Oc1ncc(Cl)cc1I. The Labute approximate surface area is 71.0 Å². The molecule has 1 N–H and O–H groups in total. The van der Waals surface area contributed by atoms with Crippen LogP contribution in [0.5, 0.6) is 5.88 Å². The number of halogens is 2. The highest BCUT2D eigenvalue weighted by Crippen LogP contribution is 2.19. The van der Waals surface area contributed by atoms with Gasteiger partial charge in [0.25, 0.3) is 0 Å². The molecule has 0 radical (unpaired) electrons. The molecule has 1 rings (SSSR count). The van der Waals surface area contributed by atoms with Crippen LogP contribution in [0.15, 0.2) is 12.3 Å². The molecule has 0 aliphatic heterocycles. The lowest BCUT2D eigenvalue weighted by Crippen LogP contribution is -1.77. The van der Waals surface area contributed by atoms with Crippen LogP contribution in [-0.2, 0) is 0 Å². The van der Waals surface area contributed by atoms with Crippen molar-refractivity contribution in [1.29, 1.82) is 0 Å². The Balaban J connectivity index is 3.17. The largest absolute Gasteiger partial charge is 0.493 e. The van der Waals surface area contributed by atoms with Crippen molar-refractivity contribution in [3.63, 3.8) is 0 Å². The maximum Gasteiger partial charge on any atom is 0.224 e. The first kappa shape index (κ1) is 7.08. The summed E-state index contributed by atoms with van der Waals surface area (Å²) < 4.78 is 0.667. The van der Waals surface area contributed by atoms with Crippen molar-refractivity contribution >= 4 is 34.2 Å². The van der Waals surface area contributed by atoms with Gasteiger partial charge >= 0.3 is 0 Å². The van der Waals surface area contributed by atoms with Gasteiger partial charge in [0.05, 0.1) is 8.59 Å². The van der Waals surface area contributed by atoms with E-state index in [1.54, 1.807) is 6.07 Å². The number of aromatic hydroxyl groups is 1. The minimum absolute atomic E-state index is 0.0278. The summed E-state index contributed by atoms with van der Waals surface area (Å²) in [6.07, 6.45) is 1.40. The van der Waals surface area contributed by atoms with Crippen molar-refractivity contribution in [2.24, 2.45) is 0 Å². The molecule has 1 aromatic heterocycles. The second kappa shape index (κ2) is 2.70. The van der Waals surface area contributed by atoms with Crippen LogP contribution >= 0.6 is 34.2 Å². The highest BCUT2D eigenvalue weighted by molar-refractivity contribution is 14.1. The summed E-state index contributed by atoms with van der Waals surface area (Å²) in [5.41, 5.74) is 0. The summed E-state index contributed by atoms with van der Waals surface area (Å²) in [5, 5.41) is 9.41. The van der Waals surface area contributed by atoms with Crippen LogP contribution in [-0.4, -0.2) is 10.1 Å². The van der Waals surface area contributed by atoms with Crippen LogP contribution in [0.2, 0.25) is 5.02 Å². The molecule has 0 spiro atoms. The topological polar surface area (TPSA) is 33.1 Å². The normalized spacial score (nSPS) is 9.56. The number of aromatic nitrogens is 1. The van der Waals surface area contributed by atoms with Gasteiger partial charge in [-0.1, -0.05) is 11.6 Å². The van der Waals surface area contributed by atoms with E-state index in [9.17, 15) is 0 Å². The van der Waals surface area contributed by atoms with Gasteiger partial charge in [0.1, 0.15) is 0 Å². The fraction of sp³-hybridized carbons (Fsp3) is 0. The number of pyridine rings is 1. The maximum absolute atomic E-state index is 8.87. The monoisotopic (exact) mass is 255 g/mol. The molecule has 2 nitrogen and oxygen atoms in total. The van der Waals surface area contributed by atoms with E-state index in [1.165, 1.54) is 6.20 Å². The predicted octanol–water partition coefficient (Wildman–Crippen LogP) is 2.05. The van der Waals surface area contributed by atoms with Gasteiger partial charge in [-0.2, -0.15) is 0 Å². The van der Waals surface area contributed by atoms with Gasteiger partial charge in [0.15, 0.2) is 0 Å². The van der Waals surface area contributed by atoms with E-state index in [-0.39, 0.29) is 5.88 Å². The molecule has 0 saturated carbocycles. The van der Waals surface area contributed by atoms with Crippen molar-refractivity contribution < 1.29 is 5.11 Å². The minimum atomic E-state index is 0.0278. The Bertz CT molecular complexity index is 228. The first-order valence-electron chi connectivity index (χ1n) is 2.20. The molecule has 0 bridgehead atoms. The van der Waals surface area contributed by atoms with Gasteiger partial charge in [0.2, 0.25) is 5.88 Å². The average Bonchev–Trinajstić information content (AvgIpc) is 1.80. The lowest BCUT2D eigenvalue weighted by atomic mass is 10.5. The highest BCUT2D eigenvalue weighted by Gasteiger charge is 1.96. The Morgan fingerprint density at radius 2 is 2.33 bits per heavy atom. The zero-order valence-electron chi connectivity index (χ0n) is 4.31. The maximum atomic E-state index is 8.87. The molecule has 1 heterocycles. The van der Waals surface area contributed by atoms with E-state index in [4.69, 9.17) is 16.7 Å². The zero-order valence-corrected chi connectivity index (χ0v) is 7.22. The van der Waals surface area contributed by atoms with Crippen molar-refractivity contribution in [3.05, 3.63) is 20.9 Å². The molecule has 0 fully saturated rings. The fourth-order valence-electron chi connectivity index (χ4n) is 0.407. The van der Waals surface area contributed by atoms with E-state index < -0.39 is 0 Å². The third-order valence-electron chi connectivity index (χ3n) is 0.788. The lowest BCUT2D eigenvalue weighted by molar-refractivity contribution is 0.449. The lowest BCUT2D eigenvalue weighted by Gasteiger charge is -1.92. The van der Waals surface area contributed by atoms with E-state index in [2.05, 4.69) is 4.98 Å². The molecule has 0 aliphatic rings. The highest BCUT2D eigenvalue weighted by atomic mass is 127. The minimum Gasteiger partial charge on any atom is -0.493 e. The number of nitrogens with zero attached hydrogens (tertiary/aromatic N) is 1. The van der Waals surface area contributed by atoms with Gasteiger partial charge in [0, 0.05) is 6.20 Å². The summed E-state index contributed by atoms with van der Waals surface area (Å²) in [6, 6.07) is 1.64. The fourth-order valence-corrected chi connectivity index (χ4v) is 1.22. The van der Waals surface area contributed by atoms with Gasteiger partial charge in [-0.15, -0.1) is 0 Å². The first-order valence-corrected chi connectivity index (χ1v) is 3.66. The smallest absolute Gasteiger partial charge is 0.224 e. The number of hydrogen-bond donors (Lipinski definition) is 1. The summed E-state index contributed by atoms with van der Waals surface area (Å²) in [4.78, 5) is 3.59. The van der Waals surface area contributed by atoms with E-state index in [0.717, 1.165) is 0 Å².